The monoisotopic (exact) mass is 312 g/mol. The molecule has 0 saturated carbocycles. The summed E-state index contributed by atoms with van der Waals surface area (Å²) in [6.07, 6.45) is 0. The Morgan fingerprint density at radius 2 is 2.00 bits per heavy atom. The Bertz CT molecular complexity index is 544. The molecule has 0 fully saturated rings. The van der Waals surface area contributed by atoms with Crippen LogP contribution in [0.4, 0.5) is 5.69 Å². The summed E-state index contributed by atoms with van der Waals surface area (Å²) in [6, 6.07) is 5.25. The molecule has 0 heterocycles. The molecule has 21 heavy (non-hydrogen) atoms. The lowest BCUT2D eigenvalue weighted by Gasteiger charge is -2.33. The van der Waals surface area contributed by atoms with Crippen LogP contribution < -0.4 is 5.32 Å². The number of anilines is 1. The van der Waals surface area contributed by atoms with Crippen LogP contribution >= 0.6 is 11.6 Å². The summed E-state index contributed by atoms with van der Waals surface area (Å²) in [5.41, 5.74) is 0.424. The minimum Gasteiger partial charge on any atom is -0.480 e. The fourth-order valence-corrected chi connectivity index (χ4v) is 2.07. The van der Waals surface area contributed by atoms with Gasteiger partial charge in [0.1, 0.15) is 5.54 Å². The first-order valence-corrected chi connectivity index (χ1v) is 7.10. The van der Waals surface area contributed by atoms with Gasteiger partial charge >= 0.3 is 5.97 Å². The van der Waals surface area contributed by atoms with Crippen LogP contribution in [0.1, 0.15) is 26.3 Å². The summed E-state index contributed by atoms with van der Waals surface area (Å²) in [5, 5.41) is 12.5. The van der Waals surface area contributed by atoms with Gasteiger partial charge in [-0.3, -0.25) is 14.5 Å². The zero-order chi connectivity index (χ0) is 16.2. The number of nitrogens with one attached hydrogen (secondary N) is 1. The van der Waals surface area contributed by atoms with Crippen molar-refractivity contribution in [2.75, 3.05) is 18.4 Å². The summed E-state index contributed by atoms with van der Waals surface area (Å²) in [4.78, 5) is 24.9. The number of likely N-dealkylation sites (N-methyl/N-ethyl adjacent to an activating group) is 1. The molecule has 1 aromatic rings. The van der Waals surface area contributed by atoms with E-state index in [9.17, 15) is 14.7 Å². The molecule has 0 spiro atoms. The highest BCUT2D eigenvalue weighted by Gasteiger charge is 2.34. The summed E-state index contributed by atoms with van der Waals surface area (Å²) in [6.45, 7) is 7.31. The summed E-state index contributed by atoms with van der Waals surface area (Å²) >= 11 is 6.01. The lowest BCUT2D eigenvalue weighted by atomic mass is 10.0. The number of hydrogen-bond acceptors (Lipinski definition) is 3. The zero-order valence-electron chi connectivity index (χ0n) is 12.7. The minimum atomic E-state index is -1.10. The number of halogens is 1. The Morgan fingerprint density at radius 1 is 1.38 bits per heavy atom. The largest absolute Gasteiger partial charge is 0.480 e. The van der Waals surface area contributed by atoms with Gasteiger partial charge in [-0.2, -0.15) is 0 Å². The molecule has 0 unspecified atom stereocenters. The predicted octanol–water partition coefficient (Wildman–Crippen LogP) is 2.77. The number of aryl methyl sites for hydroxylation is 1. The second-order valence-electron chi connectivity index (χ2n) is 5.39. The van der Waals surface area contributed by atoms with Crippen LogP contribution in [0.5, 0.6) is 0 Å². The van der Waals surface area contributed by atoms with Crippen molar-refractivity contribution in [3.63, 3.8) is 0 Å². The third-order valence-electron chi connectivity index (χ3n) is 3.49. The van der Waals surface area contributed by atoms with E-state index in [0.29, 0.717) is 17.3 Å². The minimum absolute atomic E-state index is 0.00129. The molecule has 0 radical (unpaired) electrons. The van der Waals surface area contributed by atoms with Gasteiger partial charge in [-0.15, -0.1) is 0 Å². The van der Waals surface area contributed by atoms with E-state index in [-0.39, 0.29) is 12.5 Å². The van der Waals surface area contributed by atoms with Crippen molar-refractivity contribution >= 4 is 29.2 Å². The standard InChI is InChI=1S/C15H21ClN2O3/c1-5-18(15(3,4)14(20)21)9-13(19)17-11-7-6-10(2)12(16)8-11/h6-8H,5,9H2,1-4H3,(H,17,19)(H,20,21). The van der Waals surface area contributed by atoms with Gasteiger partial charge < -0.3 is 10.4 Å². The topological polar surface area (TPSA) is 69.6 Å². The van der Waals surface area contributed by atoms with E-state index in [1.54, 1.807) is 30.9 Å². The number of amides is 1. The zero-order valence-corrected chi connectivity index (χ0v) is 13.5. The molecule has 0 atom stereocenters. The number of rotatable bonds is 6. The molecule has 1 rings (SSSR count). The molecule has 1 amide bonds. The van der Waals surface area contributed by atoms with Gasteiger partial charge in [0.25, 0.3) is 0 Å². The smallest absolute Gasteiger partial charge is 0.323 e. The Hall–Kier alpha value is -1.59. The van der Waals surface area contributed by atoms with Crippen molar-refractivity contribution in [3.05, 3.63) is 28.8 Å². The van der Waals surface area contributed by atoms with E-state index in [4.69, 9.17) is 11.6 Å². The molecular weight excluding hydrogens is 292 g/mol. The first-order chi connectivity index (χ1) is 9.68. The Morgan fingerprint density at radius 3 is 2.48 bits per heavy atom. The second-order valence-corrected chi connectivity index (χ2v) is 5.80. The maximum atomic E-state index is 12.1. The number of carbonyl (C=O) groups is 2. The molecule has 116 valence electrons. The van der Waals surface area contributed by atoms with Crippen LogP contribution in [0.15, 0.2) is 18.2 Å². The average molecular weight is 313 g/mol. The molecule has 0 saturated heterocycles. The second kappa shape index (κ2) is 6.91. The number of carboxylic acid groups (broad SMARTS) is 1. The van der Waals surface area contributed by atoms with E-state index < -0.39 is 11.5 Å². The number of nitrogens with zero attached hydrogens (tertiary/aromatic N) is 1. The number of carboxylic acids is 1. The van der Waals surface area contributed by atoms with Gasteiger partial charge in [0.15, 0.2) is 0 Å². The molecular formula is C15H21ClN2O3. The van der Waals surface area contributed by atoms with Gasteiger partial charge in [0.2, 0.25) is 5.91 Å². The van der Waals surface area contributed by atoms with Crippen molar-refractivity contribution in [1.29, 1.82) is 0 Å². The van der Waals surface area contributed by atoms with Gasteiger partial charge in [-0.25, -0.2) is 0 Å². The third-order valence-corrected chi connectivity index (χ3v) is 3.89. The number of benzene rings is 1. The van der Waals surface area contributed by atoms with Crippen molar-refractivity contribution in [2.24, 2.45) is 0 Å². The Kier molecular flexibility index (Phi) is 5.75. The highest BCUT2D eigenvalue weighted by Crippen LogP contribution is 2.20. The highest BCUT2D eigenvalue weighted by atomic mass is 35.5. The first kappa shape index (κ1) is 17.5. The van der Waals surface area contributed by atoms with Crippen molar-refractivity contribution < 1.29 is 14.7 Å². The molecule has 0 aromatic heterocycles. The highest BCUT2D eigenvalue weighted by molar-refractivity contribution is 6.31. The fourth-order valence-electron chi connectivity index (χ4n) is 1.88. The molecule has 2 N–H and O–H groups in total. The summed E-state index contributed by atoms with van der Waals surface area (Å²) in [7, 11) is 0. The molecule has 0 aliphatic rings. The number of aliphatic carboxylic acids is 1. The van der Waals surface area contributed by atoms with Crippen LogP contribution in [0.25, 0.3) is 0 Å². The van der Waals surface area contributed by atoms with Crippen LogP contribution in [-0.4, -0.2) is 40.5 Å². The van der Waals surface area contributed by atoms with E-state index in [0.717, 1.165) is 5.56 Å². The van der Waals surface area contributed by atoms with Crippen molar-refractivity contribution in [3.8, 4) is 0 Å². The maximum Gasteiger partial charge on any atom is 0.323 e. The van der Waals surface area contributed by atoms with E-state index in [1.165, 1.54) is 0 Å². The molecule has 6 heteroatoms. The Labute approximate surface area is 129 Å². The van der Waals surface area contributed by atoms with Gasteiger partial charge in [0.05, 0.1) is 6.54 Å². The molecule has 0 bridgehead atoms. The molecule has 0 aliphatic heterocycles. The third kappa shape index (κ3) is 4.44. The van der Waals surface area contributed by atoms with Gasteiger partial charge in [-0.05, 0) is 45.0 Å². The average Bonchev–Trinajstić information content (AvgIpc) is 2.39. The Balaban J connectivity index is 2.75. The van der Waals surface area contributed by atoms with E-state index in [1.807, 2.05) is 19.9 Å². The van der Waals surface area contributed by atoms with E-state index >= 15 is 0 Å². The number of carbonyl (C=O) groups excluding carboxylic acids is 1. The van der Waals surface area contributed by atoms with Gasteiger partial charge in [-0.1, -0.05) is 24.6 Å². The van der Waals surface area contributed by atoms with Crippen LogP contribution in [0.3, 0.4) is 0 Å². The van der Waals surface area contributed by atoms with Crippen molar-refractivity contribution in [1.82, 2.24) is 4.90 Å². The van der Waals surface area contributed by atoms with Crippen LogP contribution in [0, 0.1) is 6.92 Å². The quantitative estimate of drug-likeness (QED) is 0.847. The number of hydrogen-bond donors (Lipinski definition) is 2. The molecule has 0 aliphatic carbocycles. The first-order valence-electron chi connectivity index (χ1n) is 6.73. The van der Waals surface area contributed by atoms with Crippen molar-refractivity contribution in [2.45, 2.75) is 33.2 Å². The van der Waals surface area contributed by atoms with E-state index in [2.05, 4.69) is 5.32 Å². The molecule has 5 nitrogen and oxygen atoms in total. The predicted molar refractivity (Wildman–Crippen MR) is 83.8 cm³/mol. The van der Waals surface area contributed by atoms with Crippen LogP contribution in [0.2, 0.25) is 5.02 Å². The summed E-state index contributed by atoms with van der Waals surface area (Å²) in [5.74, 6) is -1.23. The van der Waals surface area contributed by atoms with Gasteiger partial charge in [0, 0.05) is 10.7 Å². The maximum absolute atomic E-state index is 12.1. The fraction of sp³-hybridized carbons (Fsp3) is 0.467. The lowest BCUT2D eigenvalue weighted by molar-refractivity contribution is -0.149. The molecule has 1 aromatic carbocycles. The normalized spacial score (nSPS) is 11.5. The SMILES string of the molecule is CCN(CC(=O)Nc1ccc(C)c(Cl)c1)C(C)(C)C(=O)O. The summed E-state index contributed by atoms with van der Waals surface area (Å²) < 4.78 is 0. The van der Waals surface area contributed by atoms with Crippen LogP contribution in [-0.2, 0) is 9.59 Å². The lowest BCUT2D eigenvalue weighted by Crippen LogP contribution is -2.52.